The van der Waals surface area contributed by atoms with Crippen molar-refractivity contribution in [3.8, 4) is 0 Å². The van der Waals surface area contributed by atoms with E-state index in [0.717, 1.165) is 13.1 Å². The van der Waals surface area contributed by atoms with Gasteiger partial charge in [-0.1, -0.05) is 0 Å². The number of anilines is 1. The summed E-state index contributed by atoms with van der Waals surface area (Å²) in [5, 5.41) is 4.86. The number of nitrogens with zero attached hydrogens (tertiary/aromatic N) is 3. The molecule has 0 saturated carbocycles. The van der Waals surface area contributed by atoms with Gasteiger partial charge in [-0.15, -0.1) is 24.8 Å². The number of halogens is 4. The van der Waals surface area contributed by atoms with Crippen LogP contribution in [0.1, 0.15) is 16.9 Å². The largest absolute Gasteiger partial charge is 0.365 e. The van der Waals surface area contributed by atoms with E-state index in [-0.39, 0.29) is 36.4 Å². The first-order valence-electron chi connectivity index (χ1n) is 7.91. The number of piperazine rings is 1. The molecular weight excluding hydrogens is 375 g/mol. The van der Waals surface area contributed by atoms with Crippen LogP contribution in [0.2, 0.25) is 0 Å². The second kappa shape index (κ2) is 10.1. The van der Waals surface area contributed by atoms with Crippen molar-refractivity contribution in [2.75, 3.05) is 50.8 Å². The van der Waals surface area contributed by atoms with E-state index in [9.17, 15) is 13.6 Å². The van der Waals surface area contributed by atoms with Crippen LogP contribution in [0, 0.1) is 11.9 Å². The molecule has 10 heteroatoms. The van der Waals surface area contributed by atoms with Gasteiger partial charge in [0.2, 0.25) is 5.95 Å². The number of nitrogens with one attached hydrogen (secondary N) is 2. The van der Waals surface area contributed by atoms with Crippen molar-refractivity contribution in [3.05, 3.63) is 23.8 Å². The molecule has 1 aromatic rings. The Morgan fingerprint density at radius 3 is 2.60 bits per heavy atom. The number of aromatic nitrogens is 1. The number of alkyl halides is 1. The lowest BCUT2D eigenvalue weighted by atomic mass is 10.1. The average Bonchev–Trinajstić information content (AvgIpc) is 3.03. The number of pyridine rings is 1. The van der Waals surface area contributed by atoms with E-state index in [1.807, 2.05) is 4.90 Å². The van der Waals surface area contributed by atoms with Crippen molar-refractivity contribution in [1.29, 1.82) is 0 Å². The first kappa shape index (κ1) is 21.8. The summed E-state index contributed by atoms with van der Waals surface area (Å²) in [5.74, 6) is -1.15. The van der Waals surface area contributed by atoms with Gasteiger partial charge in [0.25, 0.3) is 5.91 Å². The van der Waals surface area contributed by atoms with E-state index >= 15 is 0 Å². The maximum absolute atomic E-state index is 14.2. The first-order chi connectivity index (χ1) is 11.2. The molecule has 1 aromatic heterocycles. The van der Waals surface area contributed by atoms with Crippen molar-refractivity contribution >= 4 is 36.4 Å². The van der Waals surface area contributed by atoms with Crippen LogP contribution in [-0.2, 0) is 0 Å². The van der Waals surface area contributed by atoms with Crippen LogP contribution < -0.4 is 15.6 Å². The molecule has 3 rings (SSSR count). The highest BCUT2D eigenvalue weighted by Crippen LogP contribution is 2.19. The Balaban J connectivity index is 0.00000156. The summed E-state index contributed by atoms with van der Waals surface area (Å²) < 4.78 is 26.8. The van der Waals surface area contributed by atoms with Gasteiger partial charge in [-0.05, 0) is 18.6 Å². The zero-order valence-electron chi connectivity index (χ0n) is 13.7. The van der Waals surface area contributed by atoms with E-state index in [2.05, 4.69) is 15.7 Å². The molecule has 2 aliphatic rings. The highest BCUT2D eigenvalue weighted by Gasteiger charge is 2.25. The summed E-state index contributed by atoms with van der Waals surface area (Å²) >= 11 is 0. The van der Waals surface area contributed by atoms with Gasteiger partial charge in [-0.2, -0.15) is 4.39 Å². The fourth-order valence-corrected chi connectivity index (χ4v) is 2.96. The van der Waals surface area contributed by atoms with Crippen molar-refractivity contribution in [2.24, 2.45) is 5.92 Å². The SMILES string of the molecule is Cl.Cl.O=C(NN1CCC(CF)C1)c1ccc(N2CCNCC2)c(F)n1. The predicted molar refractivity (Wildman–Crippen MR) is 96.9 cm³/mol. The average molecular weight is 398 g/mol. The fourth-order valence-electron chi connectivity index (χ4n) is 2.96. The number of hydrogen-bond donors (Lipinski definition) is 2. The molecule has 2 N–H and O–H groups in total. The summed E-state index contributed by atoms with van der Waals surface area (Å²) in [4.78, 5) is 17.8. The van der Waals surface area contributed by atoms with E-state index in [4.69, 9.17) is 0 Å². The molecule has 1 atom stereocenters. The van der Waals surface area contributed by atoms with Gasteiger partial charge in [-0.3, -0.25) is 14.6 Å². The predicted octanol–water partition coefficient (Wildman–Crippen LogP) is 1.41. The van der Waals surface area contributed by atoms with Gasteiger partial charge in [0.1, 0.15) is 5.69 Å². The summed E-state index contributed by atoms with van der Waals surface area (Å²) in [6.45, 7) is 3.70. The van der Waals surface area contributed by atoms with E-state index in [0.29, 0.717) is 38.3 Å². The molecule has 0 aromatic carbocycles. The topological polar surface area (TPSA) is 60.5 Å². The Morgan fingerprint density at radius 1 is 1.28 bits per heavy atom. The molecular formula is C15H23Cl2F2N5O. The molecule has 2 saturated heterocycles. The molecule has 6 nitrogen and oxygen atoms in total. The van der Waals surface area contributed by atoms with Gasteiger partial charge in [-0.25, -0.2) is 9.99 Å². The lowest BCUT2D eigenvalue weighted by molar-refractivity contribution is 0.0812. The number of carbonyl (C=O) groups excluding carboxylic acids is 1. The van der Waals surface area contributed by atoms with E-state index in [1.54, 1.807) is 11.1 Å². The van der Waals surface area contributed by atoms with Crippen molar-refractivity contribution in [1.82, 2.24) is 20.7 Å². The van der Waals surface area contributed by atoms with Gasteiger partial charge >= 0.3 is 0 Å². The quantitative estimate of drug-likeness (QED) is 0.752. The van der Waals surface area contributed by atoms with Crippen LogP contribution in [0.15, 0.2) is 12.1 Å². The third-order valence-electron chi connectivity index (χ3n) is 4.28. The molecule has 0 bridgehead atoms. The highest BCUT2D eigenvalue weighted by atomic mass is 35.5. The third-order valence-corrected chi connectivity index (χ3v) is 4.28. The van der Waals surface area contributed by atoms with Crippen LogP contribution in [0.3, 0.4) is 0 Å². The summed E-state index contributed by atoms with van der Waals surface area (Å²) in [6, 6.07) is 3.12. The standard InChI is InChI=1S/C15H21F2N5O.2ClH/c16-9-11-3-6-22(10-11)20-15(23)12-1-2-13(14(17)19-12)21-7-4-18-5-8-21;;/h1-2,11,18H,3-10H2,(H,20,23);2*1H. The summed E-state index contributed by atoms with van der Waals surface area (Å²) in [7, 11) is 0. The minimum Gasteiger partial charge on any atom is -0.365 e. The molecule has 2 fully saturated rings. The second-order valence-electron chi connectivity index (χ2n) is 5.94. The fraction of sp³-hybridized carbons (Fsp3) is 0.600. The number of hydrazine groups is 1. The maximum atomic E-state index is 14.2. The Kier molecular flexibility index (Phi) is 8.78. The molecule has 0 spiro atoms. The van der Waals surface area contributed by atoms with Gasteiger partial charge in [0.15, 0.2) is 0 Å². The van der Waals surface area contributed by atoms with Crippen LogP contribution in [0.5, 0.6) is 0 Å². The Labute approximate surface area is 158 Å². The minimum absolute atomic E-state index is 0. The zero-order valence-corrected chi connectivity index (χ0v) is 15.3. The lowest BCUT2D eigenvalue weighted by Crippen LogP contribution is -2.44. The molecule has 1 unspecified atom stereocenters. The molecule has 25 heavy (non-hydrogen) atoms. The van der Waals surface area contributed by atoms with Gasteiger partial charge < -0.3 is 10.2 Å². The zero-order chi connectivity index (χ0) is 16.2. The Bertz CT molecular complexity index is 575. The number of hydrogen-bond acceptors (Lipinski definition) is 5. The summed E-state index contributed by atoms with van der Waals surface area (Å²) in [6.07, 6.45) is 0.709. The van der Waals surface area contributed by atoms with E-state index < -0.39 is 18.5 Å². The highest BCUT2D eigenvalue weighted by molar-refractivity contribution is 5.92. The van der Waals surface area contributed by atoms with Crippen LogP contribution in [0.25, 0.3) is 0 Å². The summed E-state index contributed by atoms with van der Waals surface area (Å²) in [5.41, 5.74) is 3.11. The van der Waals surface area contributed by atoms with Crippen LogP contribution in [-0.4, -0.2) is 61.8 Å². The number of carbonyl (C=O) groups is 1. The molecule has 142 valence electrons. The van der Waals surface area contributed by atoms with Crippen LogP contribution >= 0.6 is 24.8 Å². The maximum Gasteiger partial charge on any atom is 0.284 e. The van der Waals surface area contributed by atoms with E-state index in [1.165, 1.54) is 6.07 Å². The van der Waals surface area contributed by atoms with Crippen LogP contribution in [0.4, 0.5) is 14.5 Å². The molecule has 1 amide bonds. The van der Waals surface area contributed by atoms with Crippen molar-refractivity contribution < 1.29 is 13.6 Å². The number of amides is 1. The minimum atomic E-state index is -0.636. The normalized spacial score (nSPS) is 20.6. The smallest absolute Gasteiger partial charge is 0.284 e. The first-order valence-corrected chi connectivity index (χ1v) is 7.91. The lowest BCUT2D eigenvalue weighted by Gasteiger charge is -2.29. The molecule has 0 radical (unpaired) electrons. The van der Waals surface area contributed by atoms with Gasteiger partial charge in [0, 0.05) is 45.2 Å². The molecule has 0 aliphatic carbocycles. The Morgan fingerprint density at radius 2 is 2.00 bits per heavy atom. The van der Waals surface area contributed by atoms with Crippen molar-refractivity contribution in [2.45, 2.75) is 6.42 Å². The number of rotatable bonds is 4. The third kappa shape index (κ3) is 5.37. The van der Waals surface area contributed by atoms with Crippen molar-refractivity contribution in [3.63, 3.8) is 0 Å². The molecule has 3 heterocycles. The monoisotopic (exact) mass is 397 g/mol. The van der Waals surface area contributed by atoms with Gasteiger partial charge in [0.05, 0.1) is 12.4 Å². The molecule has 2 aliphatic heterocycles. The Hall–Kier alpha value is -1.22. The second-order valence-corrected chi connectivity index (χ2v) is 5.94.